The molecule has 164 valence electrons. The molecule has 0 aliphatic rings. The summed E-state index contributed by atoms with van der Waals surface area (Å²) < 4.78 is 28.9. The molecule has 4 rings (SSSR count). The van der Waals surface area contributed by atoms with Crippen LogP contribution in [0.5, 0.6) is 11.5 Å². The number of hydrogen-bond donors (Lipinski definition) is 0. The van der Waals surface area contributed by atoms with Gasteiger partial charge in [0.1, 0.15) is 23.9 Å². The number of rotatable bonds is 9. The van der Waals surface area contributed by atoms with Crippen molar-refractivity contribution >= 4 is 17.5 Å². The number of carbonyl (C=O) groups excluding carboxylic acids is 1. The van der Waals surface area contributed by atoms with Gasteiger partial charge in [-0.1, -0.05) is 23.9 Å². The van der Waals surface area contributed by atoms with Gasteiger partial charge in [-0.2, -0.15) is 0 Å². The number of aromatic nitrogens is 4. The largest absolute Gasteiger partial charge is 0.497 e. The van der Waals surface area contributed by atoms with Crippen LogP contribution in [0.25, 0.3) is 5.69 Å². The molecule has 0 spiro atoms. The van der Waals surface area contributed by atoms with E-state index in [4.69, 9.17) is 9.47 Å². The summed E-state index contributed by atoms with van der Waals surface area (Å²) in [5, 5.41) is 8.81. The van der Waals surface area contributed by atoms with Gasteiger partial charge in [-0.25, -0.2) is 4.39 Å². The number of ketones is 1. The molecule has 0 N–H and O–H groups in total. The van der Waals surface area contributed by atoms with Crippen molar-refractivity contribution in [2.75, 3.05) is 12.9 Å². The number of hydrogen-bond acceptors (Lipinski definition) is 6. The Kier molecular flexibility index (Phi) is 6.55. The molecule has 0 radical (unpaired) electrons. The number of nitrogens with zero attached hydrogens (tertiary/aromatic N) is 4. The minimum Gasteiger partial charge on any atom is -0.497 e. The zero-order chi connectivity index (χ0) is 22.5. The van der Waals surface area contributed by atoms with Crippen molar-refractivity contribution in [1.82, 2.24) is 19.3 Å². The van der Waals surface area contributed by atoms with Gasteiger partial charge in [0.05, 0.1) is 24.2 Å². The van der Waals surface area contributed by atoms with Crippen LogP contribution in [0.2, 0.25) is 0 Å². The van der Waals surface area contributed by atoms with Gasteiger partial charge >= 0.3 is 0 Å². The first-order valence-corrected chi connectivity index (χ1v) is 10.8. The van der Waals surface area contributed by atoms with Gasteiger partial charge in [0.15, 0.2) is 16.8 Å². The Morgan fingerprint density at radius 3 is 2.47 bits per heavy atom. The zero-order valence-electron chi connectivity index (χ0n) is 17.6. The van der Waals surface area contributed by atoms with E-state index in [0.29, 0.717) is 33.9 Å². The van der Waals surface area contributed by atoms with Crippen LogP contribution in [-0.2, 0) is 13.7 Å². The van der Waals surface area contributed by atoms with Crippen LogP contribution in [0, 0.1) is 5.82 Å². The number of carbonyl (C=O) groups is 1. The lowest BCUT2D eigenvalue weighted by Gasteiger charge is -2.12. The fourth-order valence-corrected chi connectivity index (χ4v) is 3.98. The lowest BCUT2D eigenvalue weighted by Crippen LogP contribution is -2.10. The fraction of sp³-hybridized carbons (Fsp3) is 0.174. The predicted octanol–water partition coefficient (Wildman–Crippen LogP) is 4.31. The third-order valence-corrected chi connectivity index (χ3v) is 5.71. The third kappa shape index (κ3) is 4.67. The average Bonchev–Trinajstić information content (AvgIpc) is 3.42. The molecule has 0 atom stereocenters. The minimum absolute atomic E-state index is 0.0541. The van der Waals surface area contributed by atoms with Crippen molar-refractivity contribution in [2.45, 2.75) is 11.8 Å². The maximum Gasteiger partial charge on any atom is 0.196 e. The summed E-state index contributed by atoms with van der Waals surface area (Å²) in [6.07, 6.45) is 1.81. The second-order valence-electron chi connectivity index (χ2n) is 6.87. The summed E-state index contributed by atoms with van der Waals surface area (Å²) in [7, 11) is 3.41. The number of Topliss-reactive ketones (excluding diaryl/α,β-unsaturated/α-hetero) is 1. The molecule has 9 heteroatoms. The second kappa shape index (κ2) is 9.69. The maximum atomic E-state index is 14.6. The molecule has 0 aliphatic heterocycles. The SMILES string of the molecule is COc1ccc(OCc2nnc(SCC(=O)c3cccn3C)n2-c2ccccc2F)cc1. The molecule has 0 bridgehead atoms. The van der Waals surface area contributed by atoms with Crippen LogP contribution in [0.4, 0.5) is 4.39 Å². The average molecular weight is 453 g/mol. The summed E-state index contributed by atoms with van der Waals surface area (Å²) in [6, 6.07) is 17.0. The molecule has 2 aromatic heterocycles. The molecule has 4 aromatic rings. The molecule has 0 amide bonds. The molecule has 7 nitrogen and oxygen atoms in total. The van der Waals surface area contributed by atoms with Crippen molar-refractivity contribution in [3.05, 3.63) is 84.2 Å². The van der Waals surface area contributed by atoms with E-state index in [9.17, 15) is 9.18 Å². The molecule has 0 unspecified atom stereocenters. The first-order chi connectivity index (χ1) is 15.6. The van der Waals surface area contributed by atoms with Crippen LogP contribution in [0.3, 0.4) is 0 Å². The number of halogens is 1. The molecule has 0 fully saturated rings. The zero-order valence-corrected chi connectivity index (χ0v) is 18.4. The van der Waals surface area contributed by atoms with Gasteiger partial charge in [-0.3, -0.25) is 9.36 Å². The van der Waals surface area contributed by atoms with Gasteiger partial charge in [-0.05, 0) is 48.5 Å². The van der Waals surface area contributed by atoms with Gasteiger partial charge < -0.3 is 14.0 Å². The Morgan fingerprint density at radius 2 is 1.78 bits per heavy atom. The number of para-hydroxylation sites is 1. The van der Waals surface area contributed by atoms with Gasteiger partial charge in [0.2, 0.25) is 0 Å². The maximum absolute atomic E-state index is 14.6. The minimum atomic E-state index is -0.423. The van der Waals surface area contributed by atoms with Gasteiger partial charge in [0, 0.05) is 13.2 Å². The topological polar surface area (TPSA) is 71.2 Å². The summed E-state index contributed by atoms with van der Waals surface area (Å²) in [5.74, 6) is 1.41. The number of methoxy groups -OCH3 is 1. The lowest BCUT2D eigenvalue weighted by molar-refractivity contribution is 0.101. The van der Waals surface area contributed by atoms with E-state index < -0.39 is 5.82 Å². The standard InChI is InChI=1S/C23H21FN4O3S/c1-27-13-5-8-20(27)21(29)15-32-23-26-25-22(28(23)19-7-4-3-6-18(19)24)14-31-17-11-9-16(30-2)10-12-17/h3-13H,14-15H2,1-2H3. The summed E-state index contributed by atoms with van der Waals surface area (Å²) in [4.78, 5) is 12.6. The Morgan fingerprint density at radius 1 is 1.03 bits per heavy atom. The van der Waals surface area contributed by atoms with E-state index in [1.54, 1.807) is 64.8 Å². The molecular weight excluding hydrogens is 431 g/mol. The highest BCUT2D eigenvalue weighted by Crippen LogP contribution is 2.26. The Bertz CT molecular complexity index is 1220. The van der Waals surface area contributed by atoms with E-state index in [-0.39, 0.29) is 18.1 Å². The Labute approximate surface area is 188 Å². The Balaban J connectivity index is 1.57. The first kappa shape index (κ1) is 21.6. The smallest absolute Gasteiger partial charge is 0.196 e. The molecule has 2 aromatic carbocycles. The third-order valence-electron chi connectivity index (χ3n) is 4.78. The van der Waals surface area contributed by atoms with Crippen molar-refractivity contribution in [3.63, 3.8) is 0 Å². The van der Waals surface area contributed by atoms with Crippen LogP contribution >= 0.6 is 11.8 Å². The molecule has 0 saturated heterocycles. The van der Waals surface area contributed by atoms with Crippen molar-refractivity contribution in [3.8, 4) is 17.2 Å². The summed E-state index contributed by atoms with van der Waals surface area (Å²) >= 11 is 1.20. The van der Waals surface area contributed by atoms with E-state index in [1.165, 1.54) is 17.8 Å². The molecule has 32 heavy (non-hydrogen) atoms. The highest BCUT2D eigenvalue weighted by atomic mass is 32.2. The number of aryl methyl sites for hydroxylation is 1. The van der Waals surface area contributed by atoms with Crippen molar-refractivity contribution < 1.29 is 18.7 Å². The van der Waals surface area contributed by atoms with E-state index in [2.05, 4.69) is 10.2 Å². The number of benzene rings is 2. The van der Waals surface area contributed by atoms with Crippen molar-refractivity contribution in [2.24, 2.45) is 7.05 Å². The lowest BCUT2D eigenvalue weighted by atomic mass is 10.3. The van der Waals surface area contributed by atoms with Gasteiger partial charge in [-0.15, -0.1) is 10.2 Å². The van der Waals surface area contributed by atoms with Gasteiger partial charge in [0.25, 0.3) is 0 Å². The van der Waals surface area contributed by atoms with Crippen molar-refractivity contribution in [1.29, 1.82) is 0 Å². The Hall–Kier alpha value is -3.59. The number of ether oxygens (including phenoxy) is 2. The monoisotopic (exact) mass is 452 g/mol. The summed E-state index contributed by atoms with van der Waals surface area (Å²) in [5.41, 5.74) is 0.886. The van der Waals surface area contributed by atoms with Crippen LogP contribution in [0.1, 0.15) is 16.3 Å². The van der Waals surface area contributed by atoms with E-state index in [1.807, 2.05) is 19.3 Å². The highest BCUT2D eigenvalue weighted by Gasteiger charge is 2.19. The number of thioether (sulfide) groups is 1. The molecule has 0 saturated carbocycles. The van der Waals surface area contributed by atoms with Crippen LogP contribution in [0.15, 0.2) is 72.0 Å². The van der Waals surface area contributed by atoms with E-state index >= 15 is 0 Å². The molecule has 2 heterocycles. The van der Waals surface area contributed by atoms with Crippen LogP contribution in [-0.4, -0.2) is 38.0 Å². The first-order valence-electron chi connectivity index (χ1n) is 9.80. The highest BCUT2D eigenvalue weighted by molar-refractivity contribution is 7.99. The fourth-order valence-electron chi connectivity index (χ4n) is 3.14. The van der Waals surface area contributed by atoms with E-state index in [0.717, 1.165) is 0 Å². The summed E-state index contributed by atoms with van der Waals surface area (Å²) in [6.45, 7) is 0.0694. The quantitative estimate of drug-likeness (QED) is 0.278. The van der Waals surface area contributed by atoms with Crippen LogP contribution < -0.4 is 9.47 Å². The normalized spacial score (nSPS) is 10.8. The predicted molar refractivity (Wildman–Crippen MR) is 119 cm³/mol. The second-order valence-corrected chi connectivity index (χ2v) is 7.81. The molecular formula is C23H21FN4O3S. The molecule has 0 aliphatic carbocycles.